The number of esters is 1. The van der Waals surface area contributed by atoms with E-state index in [2.05, 4.69) is 15.0 Å². The summed E-state index contributed by atoms with van der Waals surface area (Å²) in [5.74, 6) is 0.315. The third-order valence-corrected chi connectivity index (χ3v) is 2.01. The summed E-state index contributed by atoms with van der Waals surface area (Å²) in [5.41, 5.74) is 7.06. The molecule has 0 aromatic carbocycles. The molecule has 1 heterocycles. The molecule has 0 aliphatic heterocycles. The fourth-order valence-corrected chi connectivity index (χ4v) is 1.19. The zero-order valence-electron chi connectivity index (χ0n) is 9.07. The lowest BCUT2D eigenvalue weighted by molar-refractivity contribution is -0.141. The molecule has 0 aliphatic carbocycles. The van der Waals surface area contributed by atoms with E-state index in [1.807, 2.05) is 6.92 Å². The van der Waals surface area contributed by atoms with E-state index in [0.29, 0.717) is 11.5 Å². The van der Waals surface area contributed by atoms with E-state index >= 15 is 0 Å². The second-order valence-corrected chi connectivity index (χ2v) is 3.32. The van der Waals surface area contributed by atoms with Gasteiger partial charge in [0.15, 0.2) is 0 Å². The highest BCUT2D eigenvalue weighted by atomic mass is 16.5. The van der Waals surface area contributed by atoms with Crippen LogP contribution in [-0.4, -0.2) is 24.1 Å². The van der Waals surface area contributed by atoms with Gasteiger partial charge in [-0.15, -0.1) is 0 Å². The van der Waals surface area contributed by atoms with Crippen LogP contribution < -0.4 is 11.1 Å². The van der Waals surface area contributed by atoms with E-state index in [9.17, 15) is 4.79 Å². The Bertz CT molecular complexity index is 366. The van der Waals surface area contributed by atoms with Gasteiger partial charge in [0, 0.05) is 0 Å². The molecule has 0 radical (unpaired) electrons. The number of aromatic nitrogens is 1. The molecule has 0 amide bonds. The number of hydrogen-bond donors (Lipinski definition) is 2. The van der Waals surface area contributed by atoms with Gasteiger partial charge >= 0.3 is 5.97 Å². The van der Waals surface area contributed by atoms with Gasteiger partial charge in [0.25, 0.3) is 0 Å². The monoisotopic (exact) mass is 209 g/mol. The van der Waals surface area contributed by atoms with Gasteiger partial charge in [-0.3, -0.25) is 0 Å². The van der Waals surface area contributed by atoms with Gasteiger partial charge in [0.2, 0.25) is 0 Å². The third-order valence-electron chi connectivity index (χ3n) is 2.01. The zero-order valence-corrected chi connectivity index (χ0v) is 9.07. The highest BCUT2D eigenvalue weighted by molar-refractivity contribution is 5.78. The minimum Gasteiger partial charge on any atom is -0.467 e. The van der Waals surface area contributed by atoms with Crippen molar-refractivity contribution in [2.24, 2.45) is 0 Å². The smallest absolute Gasteiger partial charge is 0.328 e. The molecule has 82 valence electrons. The second-order valence-electron chi connectivity index (χ2n) is 3.32. The Kier molecular flexibility index (Phi) is 3.49. The van der Waals surface area contributed by atoms with Gasteiger partial charge in [-0.1, -0.05) is 0 Å². The van der Waals surface area contributed by atoms with Crippen molar-refractivity contribution in [3.05, 3.63) is 17.8 Å². The molecule has 0 saturated heterocycles. The van der Waals surface area contributed by atoms with Crippen molar-refractivity contribution in [2.75, 3.05) is 18.2 Å². The number of nitrogens with one attached hydrogen (secondary N) is 1. The highest BCUT2D eigenvalue weighted by Crippen LogP contribution is 2.14. The number of carbonyl (C=O) groups is 1. The number of nitrogens with zero attached hydrogens (tertiary/aromatic N) is 1. The standard InChI is InChI=1S/C10H15N3O2/c1-6-4-8(11)5-12-9(6)13-7(2)10(14)15-3/h4-5,7H,11H2,1-3H3,(H,12,13). The van der Waals surface area contributed by atoms with Crippen LogP contribution in [0.4, 0.5) is 11.5 Å². The maximum absolute atomic E-state index is 11.2. The Balaban J connectivity index is 2.76. The molecule has 5 heteroatoms. The Hall–Kier alpha value is -1.78. The Morgan fingerprint density at radius 2 is 2.33 bits per heavy atom. The number of anilines is 2. The van der Waals surface area contributed by atoms with Crippen LogP contribution in [0.25, 0.3) is 0 Å². The molecule has 3 N–H and O–H groups in total. The summed E-state index contributed by atoms with van der Waals surface area (Å²) in [6, 6.07) is 1.36. The molecule has 5 nitrogen and oxygen atoms in total. The van der Waals surface area contributed by atoms with Crippen molar-refractivity contribution in [2.45, 2.75) is 19.9 Å². The molecule has 15 heavy (non-hydrogen) atoms. The minimum atomic E-state index is -0.426. The van der Waals surface area contributed by atoms with E-state index in [-0.39, 0.29) is 5.97 Å². The second kappa shape index (κ2) is 4.63. The van der Waals surface area contributed by atoms with Crippen molar-refractivity contribution >= 4 is 17.5 Å². The summed E-state index contributed by atoms with van der Waals surface area (Å²) < 4.78 is 4.59. The largest absolute Gasteiger partial charge is 0.467 e. The first kappa shape index (κ1) is 11.3. The summed E-state index contributed by atoms with van der Waals surface area (Å²) >= 11 is 0. The van der Waals surface area contributed by atoms with Gasteiger partial charge in [-0.2, -0.15) is 0 Å². The quantitative estimate of drug-likeness (QED) is 0.724. The number of pyridine rings is 1. The molecule has 0 fully saturated rings. The van der Waals surface area contributed by atoms with Gasteiger partial charge in [0.1, 0.15) is 11.9 Å². The number of methoxy groups -OCH3 is 1. The van der Waals surface area contributed by atoms with Crippen molar-refractivity contribution in [1.82, 2.24) is 4.98 Å². The zero-order chi connectivity index (χ0) is 11.4. The molecule has 1 rings (SSSR count). The van der Waals surface area contributed by atoms with E-state index in [4.69, 9.17) is 5.73 Å². The maximum Gasteiger partial charge on any atom is 0.328 e. The van der Waals surface area contributed by atoms with E-state index in [0.717, 1.165) is 5.56 Å². The lowest BCUT2D eigenvalue weighted by atomic mass is 10.2. The normalized spacial score (nSPS) is 11.9. The highest BCUT2D eigenvalue weighted by Gasteiger charge is 2.13. The number of ether oxygens (including phenoxy) is 1. The molecule has 1 unspecified atom stereocenters. The van der Waals surface area contributed by atoms with Crippen LogP contribution in [0.2, 0.25) is 0 Å². The molecule has 0 saturated carbocycles. The van der Waals surface area contributed by atoms with E-state index in [1.54, 1.807) is 19.2 Å². The Morgan fingerprint density at radius 3 is 2.87 bits per heavy atom. The first-order valence-electron chi connectivity index (χ1n) is 4.61. The number of nitrogens with two attached hydrogens (primary N) is 1. The predicted molar refractivity (Wildman–Crippen MR) is 58.5 cm³/mol. The summed E-state index contributed by atoms with van der Waals surface area (Å²) in [6.07, 6.45) is 1.54. The molecule has 0 bridgehead atoms. The van der Waals surface area contributed by atoms with Crippen LogP contribution in [0.3, 0.4) is 0 Å². The first-order chi connectivity index (χ1) is 7.04. The Labute approximate surface area is 88.6 Å². The van der Waals surface area contributed by atoms with E-state index < -0.39 is 6.04 Å². The van der Waals surface area contributed by atoms with E-state index in [1.165, 1.54) is 7.11 Å². The summed E-state index contributed by atoms with van der Waals surface area (Å²) in [7, 11) is 1.35. The molecule has 1 aromatic rings. The summed E-state index contributed by atoms with van der Waals surface area (Å²) in [4.78, 5) is 15.2. The van der Waals surface area contributed by atoms with Gasteiger partial charge in [0.05, 0.1) is 19.0 Å². The van der Waals surface area contributed by atoms with Gasteiger partial charge in [-0.05, 0) is 25.5 Å². The minimum absolute atomic E-state index is 0.326. The molecular formula is C10H15N3O2. The molecule has 1 aromatic heterocycles. The topological polar surface area (TPSA) is 77.2 Å². The number of nitrogen functional groups attached to an aromatic ring is 1. The maximum atomic E-state index is 11.2. The lowest BCUT2D eigenvalue weighted by Gasteiger charge is -2.13. The van der Waals surface area contributed by atoms with Crippen molar-refractivity contribution in [3.63, 3.8) is 0 Å². The van der Waals surface area contributed by atoms with Gasteiger partial charge in [-0.25, -0.2) is 9.78 Å². The molecule has 0 spiro atoms. The van der Waals surface area contributed by atoms with Crippen LogP contribution in [0.1, 0.15) is 12.5 Å². The molecular weight excluding hydrogens is 194 g/mol. The fraction of sp³-hybridized carbons (Fsp3) is 0.400. The number of hydrogen-bond acceptors (Lipinski definition) is 5. The van der Waals surface area contributed by atoms with Gasteiger partial charge < -0.3 is 15.8 Å². The first-order valence-corrected chi connectivity index (χ1v) is 4.61. The summed E-state index contributed by atoms with van der Waals surface area (Å²) in [6.45, 7) is 3.58. The number of carbonyl (C=O) groups excluding carboxylic acids is 1. The third kappa shape index (κ3) is 2.83. The average molecular weight is 209 g/mol. The average Bonchev–Trinajstić information content (AvgIpc) is 2.20. The van der Waals surface area contributed by atoms with Crippen LogP contribution in [0, 0.1) is 6.92 Å². The summed E-state index contributed by atoms with van der Waals surface area (Å²) in [5, 5.41) is 2.95. The SMILES string of the molecule is COC(=O)C(C)Nc1ncc(N)cc1C. The van der Waals surface area contributed by atoms with Crippen molar-refractivity contribution in [3.8, 4) is 0 Å². The number of aryl methyl sites for hydroxylation is 1. The van der Waals surface area contributed by atoms with Crippen LogP contribution in [0.5, 0.6) is 0 Å². The van der Waals surface area contributed by atoms with Crippen molar-refractivity contribution < 1.29 is 9.53 Å². The Morgan fingerprint density at radius 1 is 1.67 bits per heavy atom. The fourth-order valence-electron chi connectivity index (χ4n) is 1.19. The van der Waals surface area contributed by atoms with Crippen LogP contribution in [0.15, 0.2) is 12.3 Å². The van der Waals surface area contributed by atoms with Crippen molar-refractivity contribution in [1.29, 1.82) is 0 Å². The van der Waals surface area contributed by atoms with Crippen LogP contribution >= 0.6 is 0 Å². The molecule has 1 atom stereocenters. The van der Waals surface area contributed by atoms with Crippen LogP contribution in [-0.2, 0) is 9.53 Å². The lowest BCUT2D eigenvalue weighted by Crippen LogP contribution is -2.28. The number of rotatable bonds is 3. The predicted octanol–water partition coefficient (Wildman–Crippen LogP) is 0.946. The molecule has 0 aliphatic rings.